The lowest BCUT2D eigenvalue weighted by atomic mass is 9.80. The Morgan fingerprint density at radius 3 is 2.38 bits per heavy atom. The monoisotopic (exact) mass is 239 g/mol. The molecule has 1 aliphatic heterocycles. The minimum absolute atomic E-state index is 0.195. The molecule has 0 saturated carbocycles. The second-order valence-corrected chi connectivity index (χ2v) is 6.90. The molecule has 1 heterocycles. The van der Waals surface area contributed by atoms with Gasteiger partial charge in [-0.05, 0) is 25.0 Å². The first-order valence-electron chi connectivity index (χ1n) is 5.37. The predicted octanol–water partition coefficient (Wildman–Crippen LogP) is 0.928. The molecule has 2 rings (SSSR count). The van der Waals surface area contributed by atoms with Crippen molar-refractivity contribution < 1.29 is 8.42 Å². The lowest BCUT2D eigenvalue weighted by Crippen LogP contribution is -2.56. The summed E-state index contributed by atoms with van der Waals surface area (Å²) in [5.74, 6) is 0.390. The molecule has 0 aliphatic carbocycles. The van der Waals surface area contributed by atoms with Crippen molar-refractivity contribution in [1.29, 1.82) is 0 Å². The molecule has 0 spiro atoms. The molecular formula is C12H17NO2S. The molecule has 16 heavy (non-hydrogen) atoms. The second-order valence-electron chi connectivity index (χ2n) is 4.84. The third-order valence-corrected chi connectivity index (χ3v) is 5.32. The van der Waals surface area contributed by atoms with Gasteiger partial charge in [0.25, 0.3) is 0 Å². The molecule has 0 radical (unpaired) electrons. The first-order valence-corrected chi connectivity index (χ1v) is 7.19. The van der Waals surface area contributed by atoms with Crippen molar-refractivity contribution in [2.45, 2.75) is 19.3 Å². The largest absolute Gasteiger partial charge is 0.330 e. The Labute approximate surface area is 96.6 Å². The van der Waals surface area contributed by atoms with E-state index in [-0.39, 0.29) is 16.9 Å². The van der Waals surface area contributed by atoms with Crippen molar-refractivity contribution >= 4 is 9.84 Å². The van der Waals surface area contributed by atoms with E-state index in [0.29, 0.717) is 6.54 Å². The molecule has 0 atom stereocenters. The number of benzene rings is 1. The maximum Gasteiger partial charge on any atom is 0.152 e. The van der Waals surface area contributed by atoms with Crippen LogP contribution in [0.15, 0.2) is 18.2 Å². The Hall–Kier alpha value is -0.870. The Morgan fingerprint density at radius 1 is 1.31 bits per heavy atom. The lowest BCUT2D eigenvalue weighted by molar-refractivity contribution is 0.463. The summed E-state index contributed by atoms with van der Waals surface area (Å²) in [4.78, 5) is 0. The summed E-state index contributed by atoms with van der Waals surface area (Å²) in [5, 5.41) is 0. The fourth-order valence-electron chi connectivity index (χ4n) is 2.59. The molecule has 2 N–H and O–H groups in total. The van der Waals surface area contributed by atoms with Crippen LogP contribution >= 0.6 is 0 Å². The van der Waals surface area contributed by atoms with Crippen molar-refractivity contribution in [1.82, 2.24) is 0 Å². The summed E-state index contributed by atoms with van der Waals surface area (Å²) in [5.41, 5.74) is 8.85. The summed E-state index contributed by atoms with van der Waals surface area (Å²) in [7, 11) is -2.86. The SMILES string of the molecule is Cc1ccc(C2(CN)CS(=O)(=O)C2)c(C)c1. The summed E-state index contributed by atoms with van der Waals surface area (Å²) in [6, 6.07) is 6.12. The number of hydrogen-bond acceptors (Lipinski definition) is 3. The van der Waals surface area contributed by atoms with Gasteiger partial charge in [-0.25, -0.2) is 8.42 Å². The van der Waals surface area contributed by atoms with Crippen LogP contribution in [0.4, 0.5) is 0 Å². The van der Waals surface area contributed by atoms with Crippen molar-refractivity contribution in [3.8, 4) is 0 Å². The summed E-state index contributed by atoms with van der Waals surface area (Å²) in [6.45, 7) is 4.45. The molecule has 4 heteroatoms. The van der Waals surface area contributed by atoms with Crippen LogP contribution in [-0.2, 0) is 15.3 Å². The van der Waals surface area contributed by atoms with E-state index in [9.17, 15) is 8.42 Å². The fourth-order valence-corrected chi connectivity index (χ4v) is 4.74. The van der Waals surface area contributed by atoms with Crippen LogP contribution in [0.2, 0.25) is 0 Å². The Morgan fingerprint density at radius 2 is 1.94 bits per heavy atom. The van der Waals surface area contributed by atoms with Crippen molar-refractivity contribution in [3.05, 3.63) is 34.9 Å². The standard InChI is InChI=1S/C12H17NO2S/c1-9-3-4-11(10(2)5-9)12(6-13)7-16(14,15)8-12/h3-5H,6-8,13H2,1-2H3. The van der Waals surface area contributed by atoms with Gasteiger partial charge in [-0.15, -0.1) is 0 Å². The van der Waals surface area contributed by atoms with Crippen LogP contribution in [0, 0.1) is 13.8 Å². The minimum Gasteiger partial charge on any atom is -0.330 e. The highest BCUT2D eigenvalue weighted by Gasteiger charge is 2.49. The maximum atomic E-state index is 11.4. The normalized spacial score (nSPS) is 21.4. The molecule has 1 saturated heterocycles. The van der Waals surface area contributed by atoms with Crippen LogP contribution < -0.4 is 5.73 Å². The molecule has 3 nitrogen and oxygen atoms in total. The summed E-state index contributed by atoms with van der Waals surface area (Å²) < 4.78 is 22.7. The van der Waals surface area contributed by atoms with Gasteiger partial charge in [-0.3, -0.25) is 0 Å². The molecule has 0 aromatic heterocycles. The minimum atomic E-state index is -2.86. The van der Waals surface area contributed by atoms with E-state index in [1.165, 1.54) is 5.56 Å². The molecule has 0 bridgehead atoms. The van der Waals surface area contributed by atoms with Gasteiger partial charge in [0.2, 0.25) is 0 Å². The molecule has 0 amide bonds. The number of sulfone groups is 1. The highest BCUT2D eigenvalue weighted by atomic mass is 32.2. The Bertz CT molecular complexity index is 508. The molecule has 0 unspecified atom stereocenters. The zero-order chi connectivity index (χ0) is 12.0. The second kappa shape index (κ2) is 3.57. The van der Waals surface area contributed by atoms with E-state index >= 15 is 0 Å². The Balaban J connectivity index is 2.43. The van der Waals surface area contributed by atoms with Gasteiger partial charge < -0.3 is 5.73 Å². The number of nitrogens with two attached hydrogens (primary N) is 1. The van der Waals surface area contributed by atoms with Gasteiger partial charge in [-0.2, -0.15) is 0 Å². The van der Waals surface area contributed by atoms with E-state index in [0.717, 1.165) is 11.1 Å². The van der Waals surface area contributed by atoms with Crippen LogP contribution in [0.1, 0.15) is 16.7 Å². The summed E-state index contributed by atoms with van der Waals surface area (Å²) >= 11 is 0. The average molecular weight is 239 g/mol. The van der Waals surface area contributed by atoms with Crippen LogP contribution in [0.5, 0.6) is 0 Å². The van der Waals surface area contributed by atoms with Gasteiger partial charge >= 0.3 is 0 Å². The third-order valence-electron chi connectivity index (χ3n) is 3.34. The van der Waals surface area contributed by atoms with Crippen LogP contribution in [-0.4, -0.2) is 26.5 Å². The third kappa shape index (κ3) is 1.76. The topological polar surface area (TPSA) is 60.2 Å². The molecule has 1 aromatic carbocycles. The smallest absolute Gasteiger partial charge is 0.152 e. The number of aryl methyl sites for hydroxylation is 2. The predicted molar refractivity (Wildman–Crippen MR) is 65.3 cm³/mol. The Kier molecular flexibility index (Phi) is 2.59. The zero-order valence-electron chi connectivity index (χ0n) is 9.66. The van der Waals surface area contributed by atoms with Crippen LogP contribution in [0.25, 0.3) is 0 Å². The van der Waals surface area contributed by atoms with Gasteiger partial charge in [0, 0.05) is 12.0 Å². The van der Waals surface area contributed by atoms with Gasteiger partial charge in [-0.1, -0.05) is 23.8 Å². The maximum absolute atomic E-state index is 11.4. The van der Waals surface area contributed by atoms with E-state index in [1.54, 1.807) is 0 Å². The number of hydrogen-bond donors (Lipinski definition) is 1. The van der Waals surface area contributed by atoms with E-state index < -0.39 is 9.84 Å². The van der Waals surface area contributed by atoms with Crippen LogP contribution in [0.3, 0.4) is 0 Å². The molecular weight excluding hydrogens is 222 g/mol. The van der Waals surface area contributed by atoms with E-state index in [4.69, 9.17) is 5.73 Å². The zero-order valence-corrected chi connectivity index (χ0v) is 10.5. The highest BCUT2D eigenvalue weighted by Crippen LogP contribution is 2.37. The fraction of sp³-hybridized carbons (Fsp3) is 0.500. The molecule has 1 fully saturated rings. The van der Waals surface area contributed by atoms with Gasteiger partial charge in [0.15, 0.2) is 9.84 Å². The average Bonchev–Trinajstić information content (AvgIpc) is 2.13. The van der Waals surface area contributed by atoms with E-state index in [2.05, 4.69) is 6.07 Å². The van der Waals surface area contributed by atoms with Crippen molar-refractivity contribution in [3.63, 3.8) is 0 Å². The van der Waals surface area contributed by atoms with Crippen molar-refractivity contribution in [2.24, 2.45) is 5.73 Å². The van der Waals surface area contributed by atoms with Gasteiger partial charge in [0.1, 0.15) is 0 Å². The molecule has 88 valence electrons. The molecule has 1 aromatic rings. The highest BCUT2D eigenvalue weighted by molar-refractivity contribution is 7.93. The first-order chi connectivity index (χ1) is 7.38. The number of rotatable bonds is 2. The quantitative estimate of drug-likeness (QED) is 0.835. The van der Waals surface area contributed by atoms with Gasteiger partial charge in [0.05, 0.1) is 11.5 Å². The van der Waals surface area contributed by atoms with Crippen molar-refractivity contribution in [2.75, 3.05) is 18.1 Å². The first kappa shape index (κ1) is 11.6. The molecule has 1 aliphatic rings. The lowest BCUT2D eigenvalue weighted by Gasteiger charge is -2.41. The van der Waals surface area contributed by atoms with E-state index in [1.807, 2.05) is 26.0 Å². The summed E-state index contributed by atoms with van der Waals surface area (Å²) in [6.07, 6.45) is 0.